The molecule has 0 amide bonds. The van der Waals surface area contributed by atoms with Crippen LogP contribution in [0.4, 0.5) is 0 Å². The summed E-state index contributed by atoms with van der Waals surface area (Å²) in [7, 11) is 0. The van der Waals surface area contributed by atoms with Crippen LogP contribution < -0.4 is 0 Å². The Bertz CT molecular complexity index is 277. The van der Waals surface area contributed by atoms with E-state index in [1.54, 1.807) is 0 Å². The minimum absolute atomic E-state index is 0.919. The number of unbranched alkanes of at least 4 members (excludes halogenated alkanes) is 14. The molecule has 0 N–H and O–H groups in total. The van der Waals surface area contributed by atoms with E-state index in [2.05, 4.69) is 39.2 Å². The third-order valence-corrected chi connectivity index (χ3v) is 6.42. The molecule has 160 valence electrons. The molecule has 0 heterocycles. The lowest BCUT2D eigenvalue weighted by atomic mass is 9.83. The molecule has 0 aliphatic heterocycles. The number of hydrogen-bond acceptors (Lipinski definition) is 0. The van der Waals surface area contributed by atoms with Gasteiger partial charge in [0.15, 0.2) is 0 Å². The average molecular weight is 377 g/mol. The molecule has 1 unspecified atom stereocenters. The lowest BCUT2D eigenvalue weighted by molar-refractivity contribution is 0.288. The van der Waals surface area contributed by atoms with E-state index in [-0.39, 0.29) is 0 Å². The van der Waals surface area contributed by atoms with Crippen molar-refractivity contribution in [3.05, 3.63) is 25.3 Å². The predicted molar refractivity (Wildman–Crippen MR) is 126 cm³/mol. The van der Waals surface area contributed by atoms with E-state index in [9.17, 15) is 0 Å². The van der Waals surface area contributed by atoms with Gasteiger partial charge < -0.3 is 0 Å². The molecule has 0 aromatic rings. The van der Waals surface area contributed by atoms with Crippen molar-refractivity contribution in [2.24, 2.45) is 11.8 Å². The quantitative estimate of drug-likeness (QED) is 0.130. The minimum Gasteiger partial charge on any atom is -0.103 e. The van der Waals surface area contributed by atoms with Gasteiger partial charge in [0, 0.05) is 0 Å². The van der Waals surface area contributed by atoms with Crippen molar-refractivity contribution in [3.63, 3.8) is 0 Å². The van der Waals surface area contributed by atoms with Gasteiger partial charge in [0.25, 0.3) is 0 Å². The first-order chi connectivity index (χ1) is 13.3. The number of rotatable bonds is 22. The lowest BCUT2D eigenvalue weighted by Gasteiger charge is -2.23. The Kier molecular flexibility index (Phi) is 21.4. The number of allylic oxidation sites excluding steroid dienone is 2. The molecule has 0 rings (SSSR count). The molecular weight excluding hydrogens is 324 g/mol. The first kappa shape index (κ1) is 26.5. The van der Waals surface area contributed by atoms with Crippen LogP contribution in [0.1, 0.15) is 136 Å². The molecule has 0 aromatic carbocycles. The molecule has 0 heteroatoms. The fourth-order valence-corrected chi connectivity index (χ4v) is 4.20. The van der Waals surface area contributed by atoms with Crippen molar-refractivity contribution < 1.29 is 0 Å². The predicted octanol–water partition coefficient (Wildman–Crippen LogP) is 10.0. The SMILES string of the molecule is C=CCCCCCCCCCC(CCCCCCCCCC=C)C(C)CC. The van der Waals surface area contributed by atoms with Crippen LogP contribution in [-0.4, -0.2) is 0 Å². The van der Waals surface area contributed by atoms with E-state index in [0.29, 0.717) is 0 Å². The summed E-state index contributed by atoms with van der Waals surface area (Å²) in [4.78, 5) is 0. The summed E-state index contributed by atoms with van der Waals surface area (Å²) in [6, 6.07) is 0. The Morgan fingerprint density at radius 1 is 0.556 bits per heavy atom. The fraction of sp³-hybridized carbons (Fsp3) is 0.852. The largest absolute Gasteiger partial charge is 0.103 e. The molecule has 1 atom stereocenters. The molecule has 0 nitrogen and oxygen atoms in total. The molecule has 0 fully saturated rings. The van der Waals surface area contributed by atoms with Crippen LogP contribution in [0.5, 0.6) is 0 Å². The minimum atomic E-state index is 0.919. The van der Waals surface area contributed by atoms with Crippen molar-refractivity contribution in [1.82, 2.24) is 0 Å². The van der Waals surface area contributed by atoms with Crippen molar-refractivity contribution in [3.8, 4) is 0 Å². The molecular formula is C27H52. The number of hydrogen-bond donors (Lipinski definition) is 0. The zero-order valence-electron chi connectivity index (χ0n) is 19.2. The summed E-state index contributed by atoms with van der Waals surface area (Å²) >= 11 is 0. The van der Waals surface area contributed by atoms with Gasteiger partial charge in [0.2, 0.25) is 0 Å². The van der Waals surface area contributed by atoms with Gasteiger partial charge >= 0.3 is 0 Å². The summed E-state index contributed by atoms with van der Waals surface area (Å²) in [5, 5.41) is 0. The Balaban J connectivity index is 3.62. The van der Waals surface area contributed by atoms with Crippen molar-refractivity contribution in [2.45, 2.75) is 136 Å². The summed E-state index contributed by atoms with van der Waals surface area (Å²) < 4.78 is 0. The van der Waals surface area contributed by atoms with E-state index in [1.165, 1.54) is 122 Å². The highest BCUT2D eigenvalue weighted by atomic mass is 14.2. The zero-order chi connectivity index (χ0) is 20.0. The first-order valence-corrected chi connectivity index (χ1v) is 12.5. The summed E-state index contributed by atoms with van der Waals surface area (Å²) in [6.45, 7) is 12.5. The highest BCUT2D eigenvalue weighted by molar-refractivity contribution is 4.68. The third kappa shape index (κ3) is 18.6. The molecule has 0 saturated heterocycles. The van der Waals surface area contributed by atoms with Crippen LogP contribution in [0.2, 0.25) is 0 Å². The van der Waals surface area contributed by atoms with Crippen molar-refractivity contribution >= 4 is 0 Å². The Morgan fingerprint density at radius 2 is 0.889 bits per heavy atom. The van der Waals surface area contributed by atoms with Gasteiger partial charge in [-0.15, -0.1) is 13.2 Å². The van der Waals surface area contributed by atoms with Gasteiger partial charge in [-0.25, -0.2) is 0 Å². The second-order valence-corrected chi connectivity index (χ2v) is 8.83. The van der Waals surface area contributed by atoms with E-state index < -0.39 is 0 Å². The molecule has 0 spiro atoms. The molecule has 0 saturated carbocycles. The smallest absolute Gasteiger partial charge is 0.0353 e. The van der Waals surface area contributed by atoms with Crippen molar-refractivity contribution in [2.75, 3.05) is 0 Å². The molecule has 0 bridgehead atoms. The van der Waals surface area contributed by atoms with Gasteiger partial charge in [-0.2, -0.15) is 0 Å². The van der Waals surface area contributed by atoms with Crippen LogP contribution in [0.3, 0.4) is 0 Å². The lowest BCUT2D eigenvalue weighted by Crippen LogP contribution is -2.11. The van der Waals surface area contributed by atoms with E-state index in [0.717, 1.165) is 11.8 Å². The van der Waals surface area contributed by atoms with E-state index in [4.69, 9.17) is 0 Å². The maximum atomic E-state index is 3.80. The van der Waals surface area contributed by atoms with E-state index in [1.807, 2.05) is 0 Å². The third-order valence-electron chi connectivity index (χ3n) is 6.42. The standard InChI is InChI=1S/C27H52/c1-5-8-10-12-14-16-18-20-22-24-27(26(4)7-3)25-23-21-19-17-15-13-11-9-6-2/h5-6,26-27H,1-2,7-25H2,3-4H3. The highest BCUT2D eigenvalue weighted by Crippen LogP contribution is 2.27. The second-order valence-electron chi connectivity index (χ2n) is 8.83. The van der Waals surface area contributed by atoms with E-state index >= 15 is 0 Å². The van der Waals surface area contributed by atoms with Crippen LogP contribution in [0.15, 0.2) is 25.3 Å². The van der Waals surface area contributed by atoms with Gasteiger partial charge in [-0.05, 0) is 37.5 Å². The molecule has 0 aromatic heterocycles. The van der Waals surface area contributed by atoms with Crippen LogP contribution in [0, 0.1) is 11.8 Å². The van der Waals surface area contributed by atoms with Crippen LogP contribution in [-0.2, 0) is 0 Å². The van der Waals surface area contributed by atoms with Crippen LogP contribution >= 0.6 is 0 Å². The molecule has 0 aliphatic rings. The average Bonchev–Trinajstić information content (AvgIpc) is 2.69. The van der Waals surface area contributed by atoms with Gasteiger partial charge in [-0.3, -0.25) is 0 Å². The van der Waals surface area contributed by atoms with Crippen LogP contribution in [0.25, 0.3) is 0 Å². The van der Waals surface area contributed by atoms with Crippen molar-refractivity contribution in [1.29, 1.82) is 0 Å². The first-order valence-electron chi connectivity index (χ1n) is 12.5. The molecule has 0 aliphatic carbocycles. The summed E-state index contributed by atoms with van der Waals surface area (Å²) in [5.41, 5.74) is 0. The monoisotopic (exact) mass is 376 g/mol. The Hall–Kier alpha value is -0.520. The molecule has 27 heavy (non-hydrogen) atoms. The summed E-state index contributed by atoms with van der Waals surface area (Å²) in [6.07, 6.45) is 30.8. The highest BCUT2D eigenvalue weighted by Gasteiger charge is 2.15. The maximum Gasteiger partial charge on any atom is -0.0353 e. The van der Waals surface area contributed by atoms with Gasteiger partial charge in [-0.1, -0.05) is 122 Å². The fourth-order valence-electron chi connectivity index (χ4n) is 4.20. The Morgan fingerprint density at radius 3 is 1.22 bits per heavy atom. The normalized spacial score (nSPS) is 12.4. The maximum absolute atomic E-state index is 3.80. The second kappa shape index (κ2) is 21.8. The molecule has 0 radical (unpaired) electrons. The van der Waals surface area contributed by atoms with Gasteiger partial charge in [0.1, 0.15) is 0 Å². The van der Waals surface area contributed by atoms with Gasteiger partial charge in [0.05, 0.1) is 0 Å². The Labute approximate surface area is 173 Å². The zero-order valence-corrected chi connectivity index (χ0v) is 19.2. The summed E-state index contributed by atoms with van der Waals surface area (Å²) in [5.74, 6) is 1.90. The topological polar surface area (TPSA) is 0 Å².